The SMILES string of the molecule is COCCOc1nc2ccccc2nc1C(=O)Nc1nn[nH]n1. The molecule has 2 heterocycles. The Hall–Kier alpha value is -3.14. The van der Waals surface area contributed by atoms with Crippen molar-refractivity contribution in [3.05, 3.63) is 30.0 Å². The molecule has 10 heteroatoms. The van der Waals surface area contributed by atoms with Crippen molar-refractivity contribution in [2.24, 2.45) is 0 Å². The van der Waals surface area contributed by atoms with E-state index in [0.717, 1.165) is 0 Å². The van der Waals surface area contributed by atoms with E-state index in [1.807, 2.05) is 12.1 Å². The van der Waals surface area contributed by atoms with Gasteiger partial charge in [-0.1, -0.05) is 17.2 Å². The van der Waals surface area contributed by atoms with E-state index in [1.54, 1.807) is 19.2 Å². The lowest BCUT2D eigenvalue weighted by Crippen LogP contribution is -2.18. The molecule has 3 aromatic rings. The number of rotatable bonds is 6. The molecular formula is C13H13N7O3. The highest BCUT2D eigenvalue weighted by Gasteiger charge is 2.19. The van der Waals surface area contributed by atoms with Crippen molar-refractivity contribution >= 4 is 22.9 Å². The Kier molecular flexibility index (Phi) is 4.34. The molecule has 0 fully saturated rings. The maximum Gasteiger partial charge on any atom is 0.282 e. The van der Waals surface area contributed by atoms with E-state index < -0.39 is 5.91 Å². The average molecular weight is 315 g/mol. The van der Waals surface area contributed by atoms with E-state index >= 15 is 0 Å². The summed E-state index contributed by atoms with van der Waals surface area (Å²) >= 11 is 0. The van der Waals surface area contributed by atoms with Crippen LogP contribution in [-0.4, -0.2) is 56.8 Å². The van der Waals surface area contributed by atoms with Crippen LogP contribution in [0, 0.1) is 0 Å². The first-order chi connectivity index (χ1) is 11.3. The third kappa shape index (κ3) is 3.37. The van der Waals surface area contributed by atoms with Gasteiger partial charge in [-0.05, 0) is 17.3 Å². The topological polar surface area (TPSA) is 128 Å². The number of hydrogen-bond acceptors (Lipinski definition) is 8. The van der Waals surface area contributed by atoms with Crippen molar-refractivity contribution in [3.63, 3.8) is 0 Å². The maximum atomic E-state index is 12.4. The number of carbonyl (C=O) groups is 1. The first-order valence-electron chi connectivity index (χ1n) is 6.71. The van der Waals surface area contributed by atoms with Gasteiger partial charge in [-0.25, -0.2) is 9.97 Å². The van der Waals surface area contributed by atoms with Gasteiger partial charge in [0.1, 0.15) is 6.61 Å². The normalized spacial score (nSPS) is 10.7. The van der Waals surface area contributed by atoms with E-state index in [-0.39, 0.29) is 24.1 Å². The monoisotopic (exact) mass is 315 g/mol. The molecule has 0 aliphatic rings. The smallest absolute Gasteiger partial charge is 0.282 e. The number of ether oxygens (including phenoxy) is 2. The van der Waals surface area contributed by atoms with Gasteiger partial charge in [-0.3, -0.25) is 10.1 Å². The van der Waals surface area contributed by atoms with E-state index in [4.69, 9.17) is 9.47 Å². The zero-order valence-electron chi connectivity index (χ0n) is 12.2. The largest absolute Gasteiger partial charge is 0.474 e. The minimum absolute atomic E-state index is 0.0320. The van der Waals surface area contributed by atoms with Gasteiger partial charge in [0.25, 0.3) is 11.9 Å². The van der Waals surface area contributed by atoms with Crippen LogP contribution in [0.4, 0.5) is 5.95 Å². The van der Waals surface area contributed by atoms with Crippen LogP contribution in [0.3, 0.4) is 0 Å². The molecule has 1 aromatic carbocycles. The number of nitrogens with one attached hydrogen (secondary N) is 2. The van der Waals surface area contributed by atoms with Crippen LogP contribution in [0.2, 0.25) is 0 Å². The molecule has 2 N–H and O–H groups in total. The number of amides is 1. The lowest BCUT2D eigenvalue weighted by molar-refractivity contribution is 0.101. The Bertz CT molecular complexity index is 806. The number of aromatic nitrogens is 6. The van der Waals surface area contributed by atoms with Crippen LogP contribution in [0.5, 0.6) is 5.88 Å². The van der Waals surface area contributed by atoms with Gasteiger partial charge in [0.15, 0.2) is 5.69 Å². The van der Waals surface area contributed by atoms with Crippen molar-refractivity contribution in [3.8, 4) is 5.88 Å². The predicted molar refractivity (Wildman–Crippen MR) is 79.0 cm³/mol. The number of tetrazole rings is 1. The molecule has 0 atom stereocenters. The molecule has 0 bridgehead atoms. The molecule has 3 rings (SSSR count). The first-order valence-corrected chi connectivity index (χ1v) is 6.71. The lowest BCUT2D eigenvalue weighted by Gasteiger charge is -2.10. The highest BCUT2D eigenvalue weighted by molar-refractivity contribution is 6.04. The van der Waals surface area contributed by atoms with E-state index in [1.165, 1.54) is 0 Å². The number of anilines is 1. The minimum Gasteiger partial charge on any atom is -0.474 e. The molecular weight excluding hydrogens is 302 g/mol. The standard InChI is InChI=1S/C13H13N7O3/c1-22-6-7-23-12-10(11(21)16-13-17-19-20-18-13)14-8-4-2-3-5-9(8)15-12/h2-5H,6-7H2,1H3,(H2,16,17,18,19,20,21). The van der Waals surface area contributed by atoms with Gasteiger partial charge >= 0.3 is 0 Å². The average Bonchev–Trinajstić information content (AvgIpc) is 3.07. The molecule has 1 amide bonds. The molecule has 0 radical (unpaired) electrons. The van der Waals surface area contributed by atoms with E-state index in [2.05, 4.69) is 35.9 Å². The number of para-hydroxylation sites is 2. The molecule has 0 aliphatic carbocycles. The number of nitrogens with zero attached hydrogens (tertiary/aromatic N) is 5. The van der Waals surface area contributed by atoms with Gasteiger partial charge in [-0.15, -0.1) is 5.10 Å². The summed E-state index contributed by atoms with van der Waals surface area (Å²) in [4.78, 5) is 21.0. The van der Waals surface area contributed by atoms with Crippen molar-refractivity contribution in [2.75, 3.05) is 25.6 Å². The fraction of sp³-hybridized carbons (Fsp3) is 0.231. The number of aromatic amines is 1. The van der Waals surface area contributed by atoms with E-state index in [0.29, 0.717) is 17.6 Å². The van der Waals surface area contributed by atoms with Gasteiger partial charge < -0.3 is 9.47 Å². The molecule has 10 nitrogen and oxygen atoms in total. The maximum absolute atomic E-state index is 12.4. The van der Waals surface area contributed by atoms with Gasteiger partial charge in [0, 0.05) is 7.11 Å². The molecule has 0 saturated heterocycles. The fourth-order valence-electron chi connectivity index (χ4n) is 1.83. The second-order valence-electron chi connectivity index (χ2n) is 4.40. The molecule has 0 saturated carbocycles. The quantitative estimate of drug-likeness (QED) is 0.626. The lowest BCUT2D eigenvalue weighted by atomic mass is 10.3. The van der Waals surface area contributed by atoms with Crippen molar-refractivity contribution in [1.82, 2.24) is 30.6 Å². The number of H-pyrrole nitrogens is 1. The predicted octanol–water partition coefficient (Wildman–Crippen LogP) is 0.420. The Balaban J connectivity index is 1.94. The van der Waals surface area contributed by atoms with Gasteiger partial charge in [0.05, 0.1) is 17.6 Å². The number of benzene rings is 1. The molecule has 23 heavy (non-hydrogen) atoms. The van der Waals surface area contributed by atoms with Crippen LogP contribution in [0.15, 0.2) is 24.3 Å². The Morgan fingerprint density at radius 2 is 2.00 bits per heavy atom. The summed E-state index contributed by atoms with van der Waals surface area (Å²) in [6, 6.07) is 7.18. The second kappa shape index (κ2) is 6.75. The summed E-state index contributed by atoms with van der Waals surface area (Å²) in [6.07, 6.45) is 0. The van der Waals surface area contributed by atoms with Crippen molar-refractivity contribution in [1.29, 1.82) is 0 Å². The third-order valence-corrected chi connectivity index (χ3v) is 2.85. The molecule has 0 spiro atoms. The van der Waals surface area contributed by atoms with Crippen LogP contribution in [0.25, 0.3) is 11.0 Å². The van der Waals surface area contributed by atoms with Gasteiger partial charge in [-0.2, -0.15) is 5.21 Å². The molecule has 0 unspecified atom stereocenters. The molecule has 118 valence electrons. The third-order valence-electron chi connectivity index (χ3n) is 2.85. The zero-order chi connectivity index (χ0) is 16.1. The van der Waals surface area contributed by atoms with Crippen LogP contribution in [0.1, 0.15) is 10.5 Å². The molecule has 2 aromatic heterocycles. The zero-order valence-corrected chi connectivity index (χ0v) is 12.2. The minimum atomic E-state index is -0.544. The number of methoxy groups -OCH3 is 1. The summed E-state index contributed by atoms with van der Waals surface area (Å²) in [6.45, 7) is 0.604. The Morgan fingerprint density at radius 1 is 1.22 bits per heavy atom. The molecule has 0 aliphatic heterocycles. The number of carbonyl (C=O) groups excluding carboxylic acids is 1. The summed E-state index contributed by atoms with van der Waals surface area (Å²) in [7, 11) is 1.55. The fourth-order valence-corrected chi connectivity index (χ4v) is 1.83. The van der Waals surface area contributed by atoms with Crippen molar-refractivity contribution in [2.45, 2.75) is 0 Å². The van der Waals surface area contributed by atoms with Crippen LogP contribution < -0.4 is 10.1 Å². The number of fused-ring (bicyclic) bond motifs is 1. The van der Waals surface area contributed by atoms with Gasteiger partial charge in [0.2, 0.25) is 5.88 Å². The highest BCUT2D eigenvalue weighted by atomic mass is 16.5. The first kappa shape index (κ1) is 14.8. The summed E-state index contributed by atoms with van der Waals surface area (Å²) in [5.74, 6) is -0.397. The highest BCUT2D eigenvalue weighted by Crippen LogP contribution is 2.19. The summed E-state index contributed by atoms with van der Waals surface area (Å²) in [5, 5.41) is 15.4. The van der Waals surface area contributed by atoms with Crippen molar-refractivity contribution < 1.29 is 14.3 Å². The van der Waals surface area contributed by atoms with Crippen LogP contribution in [-0.2, 0) is 4.74 Å². The Morgan fingerprint density at radius 3 is 2.70 bits per heavy atom. The summed E-state index contributed by atoms with van der Waals surface area (Å²) in [5.41, 5.74) is 1.23. The van der Waals surface area contributed by atoms with E-state index in [9.17, 15) is 4.79 Å². The van der Waals surface area contributed by atoms with Crippen LogP contribution >= 0.6 is 0 Å². The number of hydrogen-bond donors (Lipinski definition) is 2. The summed E-state index contributed by atoms with van der Waals surface area (Å²) < 4.78 is 10.4. The Labute approximate surface area is 130 Å². The second-order valence-corrected chi connectivity index (χ2v) is 4.40.